The van der Waals surface area contributed by atoms with E-state index in [0.29, 0.717) is 5.41 Å². The summed E-state index contributed by atoms with van der Waals surface area (Å²) in [6, 6.07) is 0. The fraction of sp³-hybridized carbons (Fsp3) is 1.00. The summed E-state index contributed by atoms with van der Waals surface area (Å²) < 4.78 is 0. The predicted molar refractivity (Wildman–Crippen MR) is 105 cm³/mol. The van der Waals surface area contributed by atoms with E-state index < -0.39 is 0 Å². The smallest absolute Gasteiger partial charge is 0.0411 e. The van der Waals surface area contributed by atoms with E-state index in [1.807, 2.05) is 0 Å². The fourth-order valence-electron chi connectivity index (χ4n) is 0.612. The quantitative estimate of drug-likeness (QED) is 0.454. The standard InChI is InChI=1S/C5H10.C5H12.2C4H10.C3H8/c1-5-3-2-4-5;1-5(2,3)4;1-4(2)3;1-3-4-2;1-3-2/h5H,2-4H2,1H3;1-4H3;4H,1-3H3;3-4H2,1-2H3;3H2,1-2H3. The highest BCUT2D eigenvalue weighted by Crippen LogP contribution is 2.24. The van der Waals surface area contributed by atoms with E-state index in [0.717, 1.165) is 11.8 Å². The van der Waals surface area contributed by atoms with Crippen LogP contribution >= 0.6 is 0 Å². The van der Waals surface area contributed by atoms with Gasteiger partial charge in [0.1, 0.15) is 0 Å². The third-order valence-corrected chi connectivity index (χ3v) is 1.89. The van der Waals surface area contributed by atoms with Crippen molar-refractivity contribution in [2.45, 2.75) is 122 Å². The van der Waals surface area contributed by atoms with Gasteiger partial charge in [0, 0.05) is 0 Å². The highest BCUT2D eigenvalue weighted by molar-refractivity contribution is 4.62. The number of hydrogen-bond acceptors (Lipinski definition) is 0. The van der Waals surface area contributed by atoms with E-state index in [4.69, 9.17) is 0 Å². The van der Waals surface area contributed by atoms with Gasteiger partial charge in [-0.3, -0.25) is 0 Å². The molecule has 0 heterocycles. The Morgan fingerprint density at radius 3 is 0.952 bits per heavy atom. The van der Waals surface area contributed by atoms with Crippen LogP contribution in [-0.4, -0.2) is 0 Å². The maximum atomic E-state index is 2.31. The van der Waals surface area contributed by atoms with Gasteiger partial charge < -0.3 is 0 Å². The Morgan fingerprint density at radius 1 is 0.810 bits per heavy atom. The average Bonchev–Trinajstić information content (AvgIpc) is 2.25. The normalized spacial score (nSPS) is 13.0. The summed E-state index contributed by atoms with van der Waals surface area (Å²) in [5.74, 6) is 1.90. The number of unbranched alkanes of at least 4 members (excludes halogenated alkanes) is 1. The van der Waals surface area contributed by atoms with Gasteiger partial charge in [0.15, 0.2) is 0 Å². The van der Waals surface area contributed by atoms with Gasteiger partial charge in [-0.05, 0) is 17.3 Å². The van der Waals surface area contributed by atoms with Crippen molar-refractivity contribution in [3.63, 3.8) is 0 Å². The lowest BCUT2D eigenvalue weighted by atomic mass is 9.88. The molecular formula is C21H50. The van der Waals surface area contributed by atoms with Gasteiger partial charge in [-0.25, -0.2) is 0 Å². The Kier molecular flexibility index (Phi) is 30.8. The summed E-state index contributed by atoms with van der Waals surface area (Å²) in [6.45, 7) is 26.2. The molecule has 1 fully saturated rings. The maximum Gasteiger partial charge on any atom is -0.0411 e. The largest absolute Gasteiger partial charge is 0.0656 e. The first-order chi connectivity index (χ1) is 9.45. The second-order valence-corrected chi connectivity index (χ2v) is 8.48. The molecule has 0 aromatic rings. The molecule has 0 unspecified atom stereocenters. The van der Waals surface area contributed by atoms with E-state index in [-0.39, 0.29) is 0 Å². The molecule has 21 heavy (non-hydrogen) atoms. The summed E-state index contributed by atoms with van der Waals surface area (Å²) in [7, 11) is 0. The lowest BCUT2D eigenvalue weighted by Crippen LogP contribution is -2.04. The summed E-state index contributed by atoms with van der Waals surface area (Å²) in [5.41, 5.74) is 0.500. The molecule has 0 amide bonds. The summed E-state index contributed by atoms with van der Waals surface area (Å²) in [5, 5.41) is 0. The molecule has 0 radical (unpaired) electrons. The molecule has 1 rings (SSSR count). The van der Waals surface area contributed by atoms with E-state index in [1.54, 1.807) is 0 Å². The third-order valence-electron chi connectivity index (χ3n) is 1.89. The minimum Gasteiger partial charge on any atom is -0.0656 e. The van der Waals surface area contributed by atoms with Crippen molar-refractivity contribution in [3.05, 3.63) is 0 Å². The van der Waals surface area contributed by atoms with Crippen molar-refractivity contribution in [1.29, 1.82) is 0 Å². The van der Waals surface area contributed by atoms with Crippen LogP contribution in [0, 0.1) is 17.3 Å². The SMILES string of the molecule is CC(C)(C)C.CC(C)C.CC1CCC1.CCC.CCCC. The highest BCUT2D eigenvalue weighted by atomic mass is 14.1. The second kappa shape index (κ2) is 22.3. The predicted octanol–water partition coefficient (Wildman–Crippen LogP) is 8.74. The lowest BCUT2D eigenvalue weighted by molar-refractivity contribution is 0.346. The Hall–Kier alpha value is 0. The third kappa shape index (κ3) is 132. The maximum absolute atomic E-state index is 2.31. The van der Waals surface area contributed by atoms with Gasteiger partial charge in [-0.15, -0.1) is 0 Å². The minimum atomic E-state index is 0.500. The molecule has 0 atom stereocenters. The number of hydrogen-bond donors (Lipinski definition) is 0. The van der Waals surface area contributed by atoms with Crippen LogP contribution in [0.1, 0.15) is 122 Å². The Bertz CT molecular complexity index is 124. The summed E-state index contributed by atoms with van der Waals surface area (Å²) >= 11 is 0. The average molecular weight is 303 g/mol. The second-order valence-electron chi connectivity index (χ2n) is 8.48. The van der Waals surface area contributed by atoms with Crippen LogP contribution in [0.25, 0.3) is 0 Å². The zero-order valence-corrected chi connectivity index (χ0v) is 17.9. The minimum absolute atomic E-state index is 0.500. The molecule has 0 heteroatoms. The molecular weight excluding hydrogens is 252 g/mol. The zero-order chi connectivity index (χ0) is 17.9. The van der Waals surface area contributed by atoms with Crippen LogP contribution in [0.5, 0.6) is 0 Å². The summed E-state index contributed by atoms with van der Waals surface area (Å²) in [4.78, 5) is 0. The van der Waals surface area contributed by atoms with Crippen molar-refractivity contribution in [2.75, 3.05) is 0 Å². The molecule has 0 aliphatic heterocycles. The van der Waals surface area contributed by atoms with E-state index >= 15 is 0 Å². The van der Waals surface area contributed by atoms with E-state index in [9.17, 15) is 0 Å². The van der Waals surface area contributed by atoms with Crippen molar-refractivity contribution >= 4 is 0 Å². The van der Waals surface area contributed by atoms with Crippen molar-refractivity contribution in [2.24, 2.45) is 17.3 Å². The van der Waals surface area contributed by atoms with E-state index in [2.05, 4.69) is 83.1 Å². The molecule has 0 N–H and O–H groups in total. The van der Waals surface area contributed by atoms with Crippen molar-refractivity contribution in [1.82, 2.24) is 0 Å². The Labute approximate surface area is 139 Å². The van der Waals surface area contributed by atoms with Crippen LogP contribution in [0.3, 0.4) is 0 Å². The zero-order valence-electron chi connectivity index (χ0n) is 17.9. The van der Waals surface area contributed by atoms with Crippen LogP contribution in [-0.2, 0) is 0 Å². The summed E-state index contributed by atoms with van der Waals surface area (Å²) in [6.07, 6.45) is 8.35. The topological polar surface area (TPSA) is 0 Å². The van der Waals surface area contributed by atoms with Crippen molar-refractivity contribution in [3.8, 4) is 0 Å². The first-order valence-electron chi connectivity index (χ1n) is 9.45. The molecule has 1 aliphatic carbocycles. The lowest BCUT2D eigenvalue weighted by Gasteiger charge is -2.18. The van der Waals surface area contributed by atoms with Gasteiger partial charge in [-0.2, -0.15) is 0 Å². The monoisotopic (exact) mass is 302 g/mol. The first-order valence-corrected chi connectivity index (χ1v) is 9.45. The molecule has 134 valence electrons. The first kappa shape index (κ1) is 29.1. The van der Waals surface area contributed by atoms with E-state index in [1.165, 1.54) is 38.5 Å². The molecule has 0 aromatic carbocycles. The molecule has 1 saturated carbocycles. The van der Waals surface area contributed by atoms with Gasteiger partial charge in [0.25, 0.3) is 0 Å². The Morgan fingerprint density at radius 2 is 0.952 bits per heavy atom. The van der Waals surface area contributed by atoms with Crippen LogP contribution in [0.2, 0.25) is 0 Å². The molecule has 1 aliphatic rings. The molecule has 0 nitrogen and oxygen atoms in total. The molecule has 0 saturated heterocycles. The molecule has 0 aromatic heterocycles. The van der Waals surface area contributed by atoms with Gasteiger partial charge in [-0.1, -0.05) is 122 Å². The van der Waals surface area contributed by atoms with Crippen LogP contribution in [0.4, 0.5) is 0 Å². The van der Waals surface area contributed by atoms with Crippen LogP contribution < -0.4 is 0 Å². The highest BCUT2D eigenvalue weighted by Gasteiger charge is 2.09. The van der Waals surface area contributed by atoms with Crippen molar-refractivity contribution < 1.29 is 0 Å². The van der Waals surface area contributed by atoms with Gasteiger partial charge >= 0.3 is 0 Å². The Balaban J connectivity index is -0.0000000873. The molecule has 0 bridgehead atoms. The molecule has 0 spiro atoms. The number of rotatable bonds is 1. The van der Waals surface area contributed by atoms with Crippen LogP contribution in [0.15, 0.2) is 0 Å². The van der Waals surface area contributed by atoms with Gasteiger partial charge in [0.2, 0.25) is 0 Å². The fourth-order valence-corrected chi connectivity index (χ4v) is 0.612. The van der Waals surface area contributed by atoms with Gasteiger partial charge in [0.05, 0.1) is 0 Å².